The minimum absolute atomic E-state index is 0.0129. The molecule has 0 N–H and O–H groups in total. The smallest absolute Gasteiger partial charge is 0.202 e. The number of nitriles is 1. The van der Waals surface area contributed by atoms with E-state index in [0.29, 0.717) is 5.56 Å². The third-order valence-corrected chi connectivity index (χ3v) is 2.25. The molecule has 0 aliphatic carbocycles. The quantitative estimate of drug-likeness (QED) is 0.768. The molecule has 74 valence electrons. The van der Waals surface area contributed by atoms with Gasteiger partial charge in [0.05, 0.1) is 24.1 Å². The van der Waals surface area contributed by atoms with Gasteiger partial charge in [0.2, 0.25) is 5.82 Å². The molecule has 0 radical (unpaired) electrons. The third-order valence-electron chi connectivity index (χ3n) is 1.67. The highest BCUT2D eigenvalue weighted by atomic mass is 79.9. The number of methoxy groups -OCH3 is 1. The van der Waals surface area contributed by atoms with Gasteiger partial charge in [0.25, 0.3) is 0 Å². The van der Waals surface area contributed by atoms with Crippen LogP contribution in [-0.4, -0.2) is 7.11 Å². The minimum atomic E-state index is -1.08. The van der Waals surface area contributed by atoms with Crippen molar-refractivity contribution in [2.75, 3.05) is 7.11 Å². The van der Waals surface area contributed by atoms with Crippen molar-refractivity contribution in [3.63, 3.8) is 0 Å². The van der Waals surface area contributed by atoms with Crippen LogP contribution in [-0.2, 0) is 6.42 Å². The van der Waals surface area contributed by atoms with Crippen LogP contribution in [0, 0.1) is 23.0 Å². The van der Waals surface area contributed by atoms with E-state index in [2.05, 4.69) is 20.7 Å². The van der Waals surface area contributed by atoms with Gasteiger partial charge in [-0.2, -0.15) is 9.65 Å². The highest BCUT2D eigenvalue weighted by Crippen LogP contribution is 2.30. The second kappa shape index (κ2) is 4.38. The first kappa shape index (κ1) is 10.9. The standard InChI is InChI=1S/C9H6BrF2NO/c1-14-9-5(2-3-13)4-6(10)7(11)8(9)12/h4H,2H2,1H3. The molecule has 1 aromatic carbocycles. The van der Waals surface area contributed by atoms with Gasteiger partial charge in [-0.05, 0) is 22.0 Å². The summed E-state index contributed by atoms with van der Waals surface area (Å²) >= 11 is 2.85. The predicted octanol–water partition coefficient (Wildman–Crippen LogP) is 2.80. The number of hydrogen-bond acceptors (Lipinski definition) is 2. The lowest BCUT2D eigenvalue weighted by molar-refractivity contribution is 0.367. The van der Waals surface area contributed by atoms with Gasteiger partial charge < -0.3 is 4.74 Å². The fourth-order valence-electron chi connectivity index (χ4n) is 1.06. The number of ether oxygens (including phenoxy) is 1. The predicted molar refractivity (Wildman–Crippen MR) is 49.9 cm³/mol. The first-order valence-electron chi connectivity index (χ1n) is 3.69. The Morgan fingerprint density at radius 1 is 1.50 bits per heavy atom. The van der Waals surface area contributed by atoms with Gasteiger partial charge in [-0.3, -0.25) is 0 Å². The third kappa shape index (κ3) is 1.85. The molecule has 0 aliphatic rings. The van der Waals surface area contributed by atoms with Crippen LogP contribution in [0.15, 0.2) is 10.5 Å². The molecule has 0 fully saturated rings. The Morgan fingerprint density at radius 2 is 2.14 bits per heavy atom. The van der Waals surface area contributed by atoms with E-state index in [4.69, 9.17) is 5.26 Å². The van der Waals surface area contributed by atoms with Crippen LogP contribution < -0.4 is 4.74 Å². The van der Waals surface area contributed by atoms with Gasteiger partial charge >= 0.3 is 0 Å². The Morgan fingerprint density at radius 3 is 2.64 bits per heavy atom. The summed E-state index contributed by atoms with van der Waals surface area (Å²) in [5.74, 6) is -2.30. The normalized spacial score (nSPS) is 9.64. The van der Waals surface area contributed by atoms with Gasteiger partial charge in [0, 0.05) is 5.56 Å². The Balaban J connectivity index is 3.37. The van der Waals surface area contributed by atoms with Gasteiger partial charge in [-0.25, -0.2) is 4.39 Å². The Labute approximate surface area is 88.2 Å². The van der Waals surface area contributed by atoms with E-state index in [9.17, 15) is 8.78 Å². The fourth-order valence-corrected chi connectivity index (χ4v) is 1.51. The average Bonchev–Trinajstić information content (AvgIpc) is 2.16. The number of hydrogen-bond donors (Lipinski definition) is 0. The number of halogens is 3. The van der Waals surface area contributed by atoms with E-state index in [-0.39, 0.29) is 16.6 Å². The van der Waals surface area contributed by atoms with Crippen molar-refractivity contribution in [1.29, 1.82) is 5.26 Å². The topological polar surface area (TPSA) is 33.0 Å². The Hall–Kier alpha value is -1.15. The Bertz CT molecular complexity index is 401. The van der Waals surface area contributed by atoms with Crippen LogP contribution in [0.4, 0.5) is 8.78 Å². The van der Waals surface area contributed by atoms with Crippen molar-refractivity contribution in [3.05, 3.63) is 27.7 Å². The molecular weight excluding hydrogens is 256 g/mol. The maximum atomic E-state index is 13.2. The summed E-state index contributed by atoms with van der Waals surface area (Å²) in [7, 11) is 1.23. The van der Waals surface area contributed by atoms with Gasteiger partial charge in [-0.1, -0.05) is 0 Å². The summed E-state index contributed by atoms with van der Waals surface area (Å²) in [4.78, 5) is 0. The first-order valence-corrected chi connectivity index (χ1v) is 4.48. The molecule has 0 amide bonds. The second-order valence-electron chi connectivity index (χ2n) is 2.51. The molecule has 5 heteroatoms. The van der Waals surface area contributed by atoms with Crippen molar-refractivity contribution in [2.24, 2.45) is 0 Å². The van der Waals surface area contributed by atoms with E-state index in [1.54, 1.807) is 0 Å². The van der Waals surface area contributed by atoms with Crippen LogP contribution in [0.2, 0.25) is 0 Å². The summed E-state index contributed by atoms with van der Waals surface area (Å²) in [5, 5.41) is 8.45. The minimum Gasteiger partial charge on any atom is -0.493 e. The van der Waals surface area contributed by atoms with Gasteiger partial charge in [-0.15, -0.1) is 0 Å². The number of benzene rings is 1. The van der Waals surface area contributed by atoms with Crippen molar-refractivity contribution in [2.45, 2.75) is 6.42 Å². The molecule has 0 spiro atoms. The Kier molecular flexibility index (Phi) is 3.42. The zero-order valence-corrected chi connectivity index (χ0v) is 8.86. The highest BCUT2D eigenvalue weighted by molar-refractivity contribution is 9.10. The molecule has 0 bridgehead atoms. The van der Waals surface area contributed by atoms with E-state index in [1.807, 2.05) is 6.07 Å². The van der Waals surface area contributed by atoms with Crippen LogP contribution >= 0.6 is 15.9 Å². The number of rotatable bonds is 2. The summed E-state index contributed by atoms with van der Waals surface area (Å²) in [6.45, 7) is 0. The van der Waals surface area contributed by atoms with Crippen LogP contribution in [0.1, 0.15) is 5.56 Å². The van der Waals surface area contributed by atoms with Crippen molar-refractivity contribution >= 4 is 15.9 Å². The molecule has 14 heavy (non-hydrogen) atoms. The van der Waals surface area contributed by atoms with Crippen molar-refractivity contribution < 1.29 is 13.5 Å². The zero-order chi connectivity index (χ0) is 10.7. The molecule has 2 nitrogen and oxygen atoms in total. The molecule has 0 saturated heterocycles. The molecule has 0 aliphatic heterocycles. The molecule has 0 aromatic heterocycles. The molecular formula is C9H6BrF2NO. The van der Waals surface area contributed by atoms with Crippen LogP contribution in [0.5, 0.6) is 5.75 Å². The lowest BCUT2D eigenvalue weighted by Gasteiger charge is -2.08. The monoisotopic (exact) mass is 261 g/mol. The lowest BCUT2D eigenvalue weighted by atomic mass is 10.1. The van der Waals surface area contributed by atoms with Crippen molar-refractivity contribution in [3.8, 4) is 11.8 Å². The molecule has 0 atom stereocenters. The SMILES string of the molecule is COc1c(CC#N)cc(Br)c(F)c1F. The van der Waals surface area contributed by atoms with E-state index in [1.165, 1.54) is 13.2 Å². The lowest BCUT2D eigenvalue weighted by Crippen LogP contribution is -1.98. The summed E-state index contributed by atoms with van der Waals surface area (Å²) in [6.07, 6.45) is -0.0288. The molecule has 0 heterocycles. The van der Waals surface area contributed by atoms with E-state index >= 15 is 0 Å². The fraction of sp³-hybridized carbons (Fsp3) is 0.222. The maximum absolute atomic E-state index is 13.2. The molecule has 0 unspecified atom stereocenters. The molecule has 0 saturated carbocycles. The van der Waals surface area contributed by atoms with E-state index < -0.39 is 11.6 Å². The highest BCUT2D eigenvalue weighted by Gasteiger charge is 2.17. The van der Waals surface area contributed by atoms with E-state index in [0.717, 1.165) is 0 Å². The molecule has 1 aromatic rings. The van der Waals surface area contributed by atoms with Gasteiger partial charge in [0.15, 0.2) is 11.6 Å². The number of nitrogens with zero attached hydrogens (tertiary/aromatic N) is 1. The summed E-state index contributed by atoms with van der Waals surface area (Å²) in [6, 6.07) is 3.18. The maximum Gasteiger partial charge on any atom is 0.202 e. The summed E-state index contributed by atoms with van der Waals surface area (Å²) < 4.78 is 30.9. The van der Waals surface area contributed by atoms with Crippen molar-refractivity contribution in [1.82, 2.24) is 0 Å². The zero-order valence-electron chi connectivity index (χ0n) is 7.27. The first-order chi connectivity index (χ1) is 6.61. The molecule has 1 rings (SSSR count). The van der Waals surface area contributed by atoms with Gasteiger partial charge in [0.1, 0.15) is 0 Å². The second-order valence-corrected chi connectivity index (χ2v) is 3.37. The summed E-state index contributed by atoms with van der Waals surface area (Å²) in [5.41, 5.74) is 0.320. The largest absolute Gasteiger partial charge is 0.493 e. The van der Waals surface area contributed by atoms with Crippen LogP contribution in [0.25, 0.3) is 0 Å². The average molecular weight is 262 g/mol. The van der Waals surface area contributed by atoms with Crippen LogP contribution in [0.3, 0.4) is 0 Å².